The van der Waals surface area contributed by atoms with Gasteiger partial charge in [-0.15, -0.1) is 10.2 Å². The van der Waals surface area contributed by atoms with Crippen LogP contribution in [0.4, 0.5) is 5.82 Å². The van der Waals surface area contributed by atoms with E-state index in [9.17, 15) is 9.59 Å². The lowest BCUT2D eigenvalue weighted by atomic mass is 10.1. The van der Waals surface area contributed by atoms with Crippen molar-refractivity contribution in [2.75, 3.05) is 44.4 Å². The SMILES string of the molecule is CC(=O)N(CC(=O)N1CCN(c2ccc(-c3ccccc3Cl)nn2)CC1)Cc1ccc2c(c1)OCO2. The van der Waals surface area contributed by atoms with Gasteiger partial charge in [0.1, 0.15) is 6.54 Å². The zero-order valence-electron chi connectivity index (χ0n) is 19.9. The predicted molar refractivity (Wildman–Crippen MR) is 135 cm³/mol. The highest BCUT2D eigenvalue weighted by Gasteiger charge is 2.25. The summed E-state index contributed by atoms with van der Waals surface area (Å²) in [5.41, 5.74) is 2.43. The Balaban J connectivity index is 1.16. The van der Waals surface area contributed by atoms with Crippen molar-refractivity contribution in [1.82, 2.24) is 20.0 Å². The van der Waals surface area contributed by atoms with E-state index in [1.807, 2.05) is 54.6 Å². The first-order valence-corrected chi connectivity index (χ1v) is 12.1. The molecule has 186 valence electrons. The van der Waals surface area contributed by atoms with Crippen LogP contribution < -0.4 is 14.4 Å². The molecule has 10 heteroatoms. The first-order valence-electron chi connectivity index (χ1n) is 11.7. The zero-order valence-corrected chi connectivity index (χ0v) is 20.6. The normalized spacial score (nSPS) is 14.6. The molecule has 0 aliphatic carbocycles. The van der Waals surface area contributed by atoms with Gasteiger partial charge in [-0.2, -0.15) is 0 Å². The molecule has 36 heavy (non-hydrogen) atoms. The van der Waals surface area contributed by atoms with Gasteiger partial charge in [0.15, 0.2) is 17.3 Å². The van der Waals surface area contributed by atoms with Gasteiger partial charge < -0.3 is 24.2 Å². The van der Waals surface area contributed by atoms with Gasteiger partial charge in [-0.3, -0.25) is 9.59 Å². The fraction of sp³-hybridized carbons (Fsp3) is 0.308. The van der Waals surface area contributed by atoms with E-state index in [1.54, 1.807) is 9.80 Å². The van der Waals surface area contributed by atoms with Crippen molar-refractivity contribution < 1.29 is 19.1 Å². The number of hydrogen-bond acceptors (Lipinski definition) is 7. The van der Waals surface area contributed by atoms with Gasteiger partial charge >= 0.3 is 0 Å². The van der Waals surface area contributed by atoms with Crippen molar-refractivity contribution >= 4 is 29.2 Å². The summed E-state index contributed by atoms with van der Waals surface area (Å²) in [6.45, 7) is 4.37. The lowest BCUT2D eigenvalue weighted by Gasteiger charge is -2.36. The number of piperazine rings is 1. The molecule has 3 aromatic rings. The van der Waals surface area contributed by atoms with Gasteiger partial charge in [-0.25, -0.2) is 0 Å². The lowest BCUT2D eigenvalue weighted by molar-refractivity contribution is -0.140. The molecular weight excluding hydrogens is 482 g/mol. The fourth-order valence-electron chi connectivity index (χ4n) is 4.29. The molecule has 2 aromatic carbocycles. The Morgan fingerprint density at radius 1 is 0.972 bits per heavy atom. The molecular formula is C26H26ClN5O4. The number of hydrogen-bond donors (Lipinski definition) is 0. The fourth-order valence-corrected chi connectivity index (χ4v) is 4.53. The molecule has 0 bridgehead atoms. The molecule has 2 aliphatic rings. The summed E-state index contributed by atoms with van der Waals surface area (Å²) >= 11 is 6.27. The summed E-state index contributed by atoms with van der Waals surface area (Å²) in [4.78, 5) is 30.7. The molecule has 0 spiro atoms. The van der Waals surface area contributed by atoms with E-state index >= 15 is 0 Å². The predicted octanol–water partition coefficient (Wildman–Crippen LogP) is 3.22. The van der Waals surface area contributed by atoms with Crippen LogP contribution in [-0.2, 0) is 16.1 Å². The van der Waals surface area contributed by atoms with Crippen molar-refractivity contribution in [3.05, 3.63) is 65.2 Å². The maximum absolute atomic E-state index is 13.0. The van der Waals surface area contributed by atoms with Gasteiger partial charge in [0.05, 0.1) is 10.7 Å². The van der Waals surface area contributed by atoms with Crippen molar-refractivity contribution in [3.63, 3.8) is 0 Å². The lowest BCUT2D eigenvalue weighted by Crippen LogP contribution is -2.51. The highest BCUT2D eigenvalue weighted by atomic mass is 35.5. The van der Waals surface area contributed by atoms with Crippen LogP contribution in [0.2, 0.25) is 5.02 Å². The molecule has 3 heterocycles. The quantitative estimate of drug-likeness (QED) is 0.506. The molecule has 0 N–H and O–H groups in total. The Bertz CT molecular complexity index is 1260. The van der Waals surface area contributed by atoms with Gasteiger partial charge in [-0.05, 0) is 35.9 Å². The van der Waals surface area contributed by atoms with Crippen LogP contribution >= 0.6 is 11.6 Å². The second-order valence-corrected chi connectivity index (χ2v) is 9.09. The summed E-state index contributed by atoms with van der Waals surface area (Å²) in [5.74, 6) is 1.86. The van der Waals surface area contributed by atoms with Crippen LogP contribution in [0.25, 0.3) is 11.3 Å². The van der Waals surface area contributed by atoms with Crippen LogP contribution in [0.15, 0.2) is 54.6 Å². The number of fused-ring (bicyclic) bond motifs is 1. The Labute approximate surface area is 214 Å². The topological polar surface area (TPSA) is 88.1 Å². The number of rotatable bonds is 6. The second kappa shape index (κ2) is 10.4. The minimum absolute atomic E-state index is 0.0239. The summed E-state index contributed by atoms with van der Waals surface area (Å²) < 4.78 is 10.8. The van der Waals surface area contributed by atoms with Gasteiger partial charge in [0, 0.05) is 45.2 Å². The first kappa shape index (κ1) is 23.9. The Kier molecular flexibility index (Phi) is 6.90. The van der Waals surface area contributed by atoms with E-state index in [2.05, 4.69) is 15.1 Å². The largest absolute Gasteiger partial charge is 0.454 e. The molecule has 5 rings (SSSR count). The number of carbonyl (C=O) groups excluding carboxylic acids is 2. The van der Waals surface area contributed by atoms with Crippen LogP contribution in [0.1, 0.15) is 12.5 Å². The standard InChI is InChI=1S/C26H26ClN5O4/c1-18(33)32(15-19-6-8-23-24(14-19)36-17-35-23)16-26(34)31-12-10-30(11-13-31)25-9-7-22(28-29-25)20-4-2-3-5-21(20)27/h2-9,14H,10-13,15-17H2,1H3. The van der Waals surface area contributed by atoms with E-state index in [-0.39, 0.29) is 25.2 Å². The van der Waals surface area contributed by atoms with Gasteiger partial charge in [0.2, 0.25) is 18.6 Å². The number of nitrogens with zero attached hydrogens (tertiary/aromatic N) is 5. The van der Waals surface area contributed by atoms with E-state index < -0.39 is 0 Å². The van der Waals surface area contributed by atoms with Crippen molar-refractivity contribution in [3.8, 4) is 22.8 Å². The molecule has 1 saturated heterocycles. The molecule has 2 amide bonds. The van der Waals surface area contributed by atoms with Crippen LogP contribution in [-0.4, -0.2) is 71.3 Å². The maximum Gasteiger partial charge on any atom is 0.242 e. The van der Waals surface area contributed by atoms with E-state index in [0.29, 0.717) is 54.9 Å². The number of anilines is 1. The summed E-state index contributed by atoms with van der Waals surface area (Å²) in [7, 11) is 0. The monoisotopic (exact) mass is 507 g/mol. The molecule has 1 fully saturated rings. The van der Waals surface area contributed by atoms with Gasteiger partial charge in [-0.1, -0.05) is 35.9 Å². The molecule has 9 nitrogen and oxygen atoms in total. The number of halogens is 1. The highest BCUT2D eigenvalue weighted by molar-refractivity contribution is 6.33. The third kappa shape index (κ3) is 5.21. The molecule has 0 unspecified atom stereocenters. The Hall–Kier alpha value is -3.85. The molecule has 0 atom stereocenters. The average molecular weight is 508 g/mol. The zero-order chi connectivity index (χ0) is 25.1. The minimum atomic E-state index is -0.159. The average Bonchev–Trinajstić information content (AvgIpc) is 3.37. The van der Waals surface area contributed by atoms with Crippen molar-refractivity contribution in [1.29, 1.82) is 0 Å². The third-order valence-electron chi connectivity index (χ3n) is 6.34. The van der Waals surface area contributed by atoms with Gasteiger partial charge in [0.25, 0.3) is 0 Å². The van der Waals surface area contributed by atoms with E-state index in [4.69, 9.17) is 21.1 Å². The number of aromatic nitrogens is 2. The third-order valence-corrected chi connectivity index (χ3v) is 6.67. The highest BCUT2D eigenvalue weighted by Crippen LogP contribution is 2.33. The first-order chi connectivity index (χ1) is 17.5. The van der Waals surface area contributed by atoms with Crippen molar-refractivity contribution in [2.24, 2.45) is 0 Å². The molecule has 1 aromatic heterocycles. The molecule has 0 saturated carbocycles. The minimum Gasteiger partial charge on any atom is -0.454 e. The Morgan fingerprint density at radius 3 is 2.47 bits per heavy atom. The summed E-state index contributed by atoms with van der Waals surface area (Å²) in [6.07, 6.45) is 0. The number of carbonyl (C=O) groups is 2. The second-order valence-electron chi connectivity index (χ2n) is 8.69. The smallest absolute Gasteiger partial charge is 0.242 e. The molecule has 0 radical (unpaired) electrons. The van der Waals surface area contributed by atoms with Crippen LogP contribution in [0, 0.1) is 0 Å². The van der Waals surface area contributed by atoms with Crippen molar-refractivity contribution in [2.45, 2.75) is 13.5 Å². The summed E-state index contributed by atoms with van der Waals surface area (Å²) in [5, 5.41) is 9.35. The number of benzene rings is 2. The van der Waals surface area contributed by atoms with Crippen LogP contribution in [0.3, 0.4) is 0 Å². The maximum atomic E-state index is 13.0. The van der Waals surface area contributed by atoms with E-state index in [1.165, 1.54) is 6.92 Å². The summed E-state index contributed by atoms with van der Waals surface area (Å²) in [6, 6.07) is 16.9. The number of ether oxygens (including phenoxy) is 2. The number of amides is 2. The molecule has 2 aliphatic heterocycles. The van der Waals surface area contributed by atoms with Crippen LogP contribution in [0.5, 0.6) is 11.5 Å². The van der Waals surface area contributed by atoms with E-state index in [0.717, 1.165) is 16.9 Å². The Morgan fingerprint density at radius 2 is 1.75 bits per heavy atom.